The van der Waals surface area contributed by atoms with Gasteiger partial charge < -0.3 is 4.98 Å². The number of para-hydroxylation sites is 1. The maximum Gasteiger partial charge on any atom is 0.0456 e. The summed E-state index contributed by atoms with van der Waals surface area (Å²) in [5.41, 5.74) is 3.86. The lowest BCUT2D eigenvalue weighted by atomic mass is 9.95. The third-order valence-corrected chi connectivity index (χ3v) is 3.04. The second-order valence-corrected chi connectivity index (χ2v) is 4.31. The molecule has 15 heavy (non-hydrogen) atoms. The summed E-state index contributed by atoms with van der Waals surface area (Å²) in [6.45, 7) is 8.33. The molecule has 1 aromatic carbocycles. The van der Waals surface area contributed by atoms with E-state index in [1.54, 1.807) is 0 Å². The summed E-state index contributed by atoms with van der Waals surface area (Å²) in [6, 6.07) is 8.44. The molecule has 82 valence electrons. The van der Waals surface area contributed by atoms with E-state index in [1.807, 2.05) is 0 Å². The fourth-order valence-corrected chi connectivity index (χ4v) is 1.80. The van der Waals surface area contributed by atoms with Crippen molar-refractivity contribution in [3.8, 4) is 0 Å². The molecule has 0 aliphatic heterocycles. The van der Waals surface area contributed by atoms with E-state index in [2.05, 4.69) is 55.9 Å². The van der Waals surface area contributed by atoms with Gasteiger partial charge in [0.2, 0.25) is 0 Å². The van der Waals surface area contributed by atoms with Crippen LogP contribution in [0.25, 0.3) is 10.9 Å². The minimum absolute atomic E-state index is 0. The van der Waals surface area contributed by atoms with Gasteiger partial charge >= 0.3 is 0 Å². The lowest BCUT2D eigenvalue weighted by Gasteiger charge is -2.09. The average Bonchev–Trinajstić information content (AvgIpc) is 2.62. The highest BCUT2D eigenvalue weighted by molar-refractivity contribution is 5.83. The molecule has 1 aromatic heterocycles. The van der Waals surface area contributed by atoms with Crippen molar-refractivity contribution >= 4 is 10.9 Å². The van der Waals surface area contributed by atoms with E-state index in [0.717, 1.165) is 6.42 Å². The van der Waals surface area contributed by atoms with Crippen LogP contribution in [0.4, 0.5) is 0 Å². The van der Waals surface area contributed by atoms with Crippen LogP contribution in [0.3, 0.4) is 0 Å². The second kappa shape index (κ2) is 3.93. The van der Waals surface area contributed by atoms with Gasteiger partial charge in [0.25, 0.3) is 0 Å². The fourth-order valence-electron chi connectivity index (χ4n) is 1.80. The van der Waals surface area contributed by atoms with E-state index < -0.39 is 0 Å². The molecule has 1 heteroatoms. The summed E-state index contributed by atoms with van der Waals surface area (Å²) >= 11 is 0. The molecule has 1 atom stereocenters. The van der Waals surface area contributed by atoms with Gasteiger partial charge in [-0.3, -0.25) is 0 Å². The zero-order chi connectivity index (χ0) is 10.8. The van der Waals surface area contributed by atoms with Gasteiger partial charge in [0.1, 0.15) is 0 Å². The first-order valence-electron chi connectivity index (χ1n) is 5.39. The second-order valence-electron chi connectivity index (χ2n) is 4.31. The third kappa shape index (κ3) is 1.96. The van der Waals surface area contributed by atoms with Gasteiger partial charge in [-0.1, -0.05) is 37.3 Å². The number of rotatable bonds is 3. The fraction of sp³-hybridized carbons (Fsp3) is 0.286. The minimum atomic E-state index is 0. The SMILES string of the molecule is C=C(C)[C@H](C)Cc1c[nH]c2ccccc12.[HH].[HH]. The average molecular weight is 203 g/mol. The Morgan fingerprint density at radius 1 is 1.47 bits per heavy atom. The molecule has 1 heterocycles. The number of hydrogen-bond donors (Lipinski definition) is 1. The highest BCUT2D eigenvalue weighted by Gasteiger charge is 2.08. The van der Waals surface area contributed by atoms with Crippen LogP contribution < -0.4 is 0 Å². The first-order valence-corrected chi connectivity index (χ1v) is 5.39. The lowest BCUT2D eigenvalue weighted by molar-refractivity contribution is 0.683. The van der Waals surface area contributed by atoms with Gasteiger partial charge in [0.05, 0.1) is 0 Å². The molecule has 0 amide bonds. The molecule has 1 N–H and O–H groups in total. The molecule has 2 aromatic rings. The van der Waals surface area contributed by atoms with Crippen LogP contribution in [0.15, 0.2) is 42.6 Å². The van der Waals surface area contributed by atoms with Crippen LogP contribution >= 0.6 is 0 Å². The molecular weight excluding hydrogens is 182 g/mol. The Morgan fingerprint density at radius 2 is 2.20 bits per heavy atom. The number of allylic oxidation sites excluding steroid dienone is 1. The Hall–Kier alpha value is -1.50. The molecule has 0 aliphatic carbocycles. The summed E-state index contributed by atoms with van der Waals surface area (Å²) in [6.07, 6.45) is 3.18. The van der Waals surface area contributed by atoms with Crippen molar-refractivity contribution in [2.75, 3.05) is 0 Å². The summed E-state index contributed by atoms with van der Waals surface area (Å²) in [7, 11) is 0. The van der Waals surface area contributed by atoms with E-state index in [0.29, 0.717) is 5.92 Å². The van der Waals surface area contributed by atoms with Crippen LogP contribution in [-0.4, -0.2) is 4.98 Å². The van der Waals surface area contributed by atoms with Crippen LogP contribution in [0.2, 0.25) is 0 Å². The molecule has 0 bridgehead atoms. The quantitative estimate of drug-likeness (QED) is 0.711. The Morgan fingerprint density at radius 3 is 2.93 bits per heavy atom. The third-order valence-electron chi connectivity index (χ3n) is 3.04. The van der Waals surface area contributed by atoms with E-state index >= 15 is 0 Å². The van der Waals surface area contributed by atoms with Gasteiger partial charge in [0, 0.05) is 20.0 Å². The number of hydrogen-bond acceptors (Lipinski definition) is 0. The number of H-pyrrole nitrogens is 1. The predicted octanol–water partition coefficient (Wildman–Crippen LogP) is 4.41. The van der Waals surface area contributed by atoms with Gasteiger partial charge in [-0.05, 0) is 30.9 Å². The van der Waals surface area contributed by atoms with Crippen LogP contribution in [0, 0.1) is 5.92 Å². The molecule has 0 aliphatic rings. The molecule has 0 unspecified atom stereocenters. The Kier molecular flexibility index (Phi) is 2.63. The topological polar surface area (TPSA) is 15.8 Å². The van der Waals surface area contributed by atoms with Crippen molar-refractivity contribution in [2.45, 2.75) is 20.3 Å². The summed E-state index contributed by atoms with van der Waals surface area (Å²) in [5.74, 6) is 0.546. The molecular formula is C14H21N. The zero-order valence-corrected chi connectivity index (χ0v) is 9.38. The molecule has 0 radical (unpaired) electrons. The van der Waals surface area contributed by atoms with Crippen LogP contribution in [0.1, 0.15) is 22.3 Å². The van der Waals surface area contributed by atoms with Crippen molar-refractivity contribution in [3.63, 3.8) is 0 Å². The number of nitrogens with one attached hydrogen (secondary N) is 1. The Bertz CT molecular complexity index is 488. The van der Waals surface area contributed by atoms with Gasteiger partial charge in [-0.2, -0.15) is 0 Å². The van der Waals surface area contributed by atoms with Gasteiger partial charge in [-0.25, -0.2) is 0 Å². The molecule has 0 spiro atoms. The first kappa shape index (κ1) is 10.0. The molecule has 0 fully saturated rings. The highest BCUT2D eigenvalue weighted by atomic mass is 14.7. The summed E-state index contributed by atoms with van der Waals surface area (Å²) < 4.78 is 0. The van der Waals surface area contributed by atoms with Crippen molar-refractivity contribution < 1.29 is 2.85 Å². The maximum absolute atomic E-state index is 4.01. The highest BCUT2D eigenvalue weighted by Crippen LogP contribution is 2.22. The molecule has 2 rings (SSSR count). The van der Waals surface area contributed by atoms with Crippen molar-refractivity contribution in [2.24, 2.45) is 5.92 Å². The predicted molar refractivity (Wildman–Crippen MR) is 70.2 cm³/mol. The van der Waals surface area contributed by atoms with E-state index in [9.17, 15) is 0 Å². The van der Waals surface area contributed by atoms with Crippen molar-refractivity contribution in [1.29, 1.82) is 0 Å². The lowest BCUT2D eigenvalue weighted by Crippen LogP contribution is -1.99. The Labute approximate surface area is 93.8 Å². The molecule has 1 nitrogen and oxygen atoms in total. The molecule has 0 saturated carbocycles. The van der Waals surface area contributed by atoms with Gasteiger partial charge in [0.15, 0.2) is 0 Å². The van der Waals surface area contributed by atoms with Crippen molar-refractivity contribution in [3.05, 3.63) is 48.2 Å². The van der Waals surface area contributed by atoms with Crippen molar-refractivity contribution in [1.82, 2.24) is 4.98 Å². The largest absolute Gasteiger partial charge is 0.361 e. The number of aromatic amines is 1. The molecule has 0 saturated heterocycles. The Balaban J connectivity index is 0.00000128. The number of benzene rings is 1. The summed E-state index contributed by atoms with van der Waals surface area (Å²) in [5, 5.41) is 1.34. The number of fused-ring (bicyclic) bond motifs is 1. The van der Waals surface area contributed by atoms with E-state index in [-0.39, 0.29) is 2.85 Å². The number of aromatic nitrogens is 1. The van der Waals surface area contributed by atoms with Gasteiger partial charge in [-0.15, -0.1) is 0 Å². The first-order chi connectivity index (χ1) is 7.18. The monoisotopic (exact) mass is 203 g/mol. The maximum atomic E-state index is 4.01. The van der Waals surface area contributed by atoms with E-state index in [1.165, 1.54) is 22.0 Å². The standard InChI is InChI=1S/C14H17N.2H2/c1-10(2)11(3)8-12-9-15-14-7-5-4-6-13(12)14;;/h4-7,9,11,15H,1,8H2,2-3H3;2*1H/t11-;;/m1../s1. The summed E-state index contributed by atoms with van der Waals surface area (Å²) in [4.78, 5) is 3.30. The van der Waals surface area contributed by atoms with Crippen LogP contribution in [-0.2, 0) is 6.42 Å². The van der Waals surface area contributed by atoms with Crippen LogP contribution in [0.5, 0.6) is 0 Å². The zero-order valence-electron chi connectivity index (χ0n) is 9.38. The smallest absolute Gasteiger partial charge is 0.0456 e. The minimum Gasteiger partial charge on any atom is -0.361 e. The normalized spacial score (nSPS) is 12.9. The van der Waals surface area contributed by atoms with E-state index in [4.69, 9.17) is 0 Å².